The maximum absolute atomic E-state index is 9.78. The first-order valence-electron chi connectivity index (χ1n) is 5.53. The summed E-state index contributed by atoms with van der Waals surface area (Å²) >= 11 is 0. The fourth-order valence-electron chi connectivity index (χ4n) is 2.09. The van der Waals surface area contributed by atoms with E-state index in [9.17, 15) is 10.2 Å². The molecule has 0 radical (unpaired) electrons. The highest BCUT2D eigenvalue weighted by Crippen LogP contribution is 2.38. The van der Waals surface area contributed by atoms with Crippen LogP contribution < -0.4 is 4.74 Å². The van der Waals surface area contributed by atoms with Gasteiger partial charge in [-0.15, -0.1) is 0 Å². The van der Waals surface area contributed by atoms with Gasteiger partial charge in [-0.1, -0.05) is 0 Å². The van der Waals surface area contributed by atoms with Crippen LogP contribution in [0.1, 0.15) is 5.56 Å². The Morgan fingerprint density at radius 2 is 1.56 bits per heavy atom. The minimum Gasteiger partial charge on any atom is -0.508 e. The van der Waals surface area contributed by atoms with Gasteiger partial charge in [0, 0.05) is 16.8 Å². The van der Waals surface area contributed by atoms with E-state index in [0.29, 0.717) is 16.9 Å². The Balaban J connectivity index is 2.44. The Bertz CT molecular complexity index is 755. The van der Waals surface area contributed by atoms with Crippen LogP contribution in [0.2, 0.25) is 0 Å². The van der Waals surface area contributed by atoms with Crippen LogP contribution in [0.4, 0.5) is 0 Å². The lowest BCUT2D eigenvalue weighted by atomic mass is 10.1. The first-order chi connectivity index (χ1) is 8.60. The molecule has 0 bridgehead atoms. The van der Waals surface area contributed by atoms with E-state index >= 15 is 0 Å². The lowest BCUT2D eigenvalue weighted by molar-refractivity contribution is 0.374. The molecule has 0 spiro atoms. The Morgan fingerprint density at radius 3 is 2.22 bits per heavy atom. The van der Waals surface area contributed by atoms with E-state index in [-0.39, 0.29) is 11.5 Å². The Hall–Kier alpha value is -2.36. The molecule has 0 aliphatic heterocycles. The lowest BCUT2D eigenvalue weighted by Crippen LogP contribution is -1.82. The number of benzene rings is 2. The normalized spacial score (nSPS) is 11.2. The number of fused-ring (bicyclic) bond motifs is 3. The summed E-state index contributed by atoms with van der Waals surface area (Å²) in [5.41, 5.74) is 2.04. The molecule has 92 valence electrons. The standard InChI is InChI=1S/C14H12O4/c1-7-3-12-8(4-10(7)15)9-5-11(16)14(17-2)6-13(9)18-12/h3-6,15-16H,1-2H3. The summed E-state index contributed by atoms with van der Waals surface area (Å²) in [5.74, 6) is 0.621. The van der Waals surface area contributed by atoms with Gasteiger partial charge in [0.05, 0.1) is 7.11 Å². The third kappa shape index (κ3) is 1.39. The van der Waals surface area contributed by atoms with Gasteiger partial charge in [-0.25, -0.2) is 0 Å². The summed E-state index contributed by atoms with van der Waals surface area (Å²) in [6.07, 6.45) is 0. The van der Waals surface area contributed by atoms with Crippen LogP contribution in [0.5, 0.6) is 17.2 Å². The van der Waals surface area contributed by atoms with E-state index in [1.54, 1.807) is 31.2 Å². The molecular formula is C14H12O4. The van der Waals surface area contributed by atoms with Gasteiger partial charge in [0.25, 0.3) is 0 Å². The molecule has 4 nitrogen and oxygen atoms in total. The van der Waals surface area contributed by atoms with Crippen LogP contribution in [0.25, 0.3) is 21.9 Å². The van der Waals surface area contributed by atoms with Crippen LogP contribution in [-0.2, 0) is 0 Å². The number of phenolic OH excluding ortho intramolecular Hbond substituents is 2. The van der Waals surface area contributed by atoms with Crippen LogP contribution in [-0.4, -0.2) is 17.3 Å². The number of aryl methyl sites for hydroxylation is 1. The zero-order valence-electron chi connectivity index (χ0n) is 10.0. The molecule has 18 heavy (non-hydrogen) atoms. The highest BCUT2D eigenvalue weighted by atomic mass is 16.5. The smallest absolute Gasteiger partial charge is 0.164 e. The maximum Gasteiger partial charge on any atom is 0.164 e. The lowest BCUT2D eigenvalue weighted by Gasteiger charge is -2.01. The molecule has 0 fully saturated rings. The quantitative estimate of drug-likeness (QED) is 0.689. The molecule has 3 rings (SSSR count). The molecule has 1 heterocycles. The van der Waals surface area contributed by atoms with Gasteiger partial charge in [-0.3, -0.25) is 0 Å². The summed E-state index contributed by atoms with van der Waals surface area (Å²) in [6, 6.07) is 6.63. The molecule has 0 aliphatic carbocycles. The number of ether oxygens (including phenoxy) is 1. The van der Waals surface area contributed by atoms with Gasteiger partial charge in [0.2, 0.25) is 0 Å². The van der Waals surface area contributed by atoms with Crippen LogP contribution in [0.15, 0.2) is 28.7 Å². The largest absolute Gasteiger partial charge is 0.508 e. The van der Waals surface area contributed by atoms with E-state index in [4.69, 9.17) is 9.15 Å². The minimum atomic E-state index is 0.0489. The highest BCUT2D eigenvalue weighted by molar-refractivity contribution is 6.06. The Labute approximate surface area is 103 Å². The predicted molar refractivity (Wildman–Crippen MR) is 68.3 cm³/mol. The van der Waals surface area contributed by atoms with Crippen LogP contribution in [0, 0.1) is 6.92 Å². The van der Waals surface area contributed by atoms with Gasteiger partial charge in [-0.05, 0) is 30.7 Å². The molecule has 1 aromatic heterocycles. The second-order valence-electron chi connectivity index (χ2n) is 4.26. The summed E-state index contributed by atoms with van der Waals surface area (Å²) in [7, 11) is 1.49. The third-order valence-corrected chi connectivity index (χ3v) is 3.09. The van der Waals surface area contributed by atoms with Crippen LogP contribution in [0.3, 0.4) is 0 Å². The van der Waals surface area contributed by atoms with E-state index in [1.807, 2.05) is 0 Å². The minimum absolute atomic E-state index is 0.0489. The monoisotopic (exact) mass is 244 g/mol. The van der Waals surface area contributed by atoms with Gasteiger partial charge in [-0.2, -0.15) is 0 Å². The van der Waals surface area contributed by atoms with Crippen molar-refractivity contribution in [1.82, 2.24) is 0 Å². The third-order valence-electron chi connectivity index (χ3n) is 3.09. The average molecular weight is 244 g/mol. The number of rotatable bonds is 1. The second-order valence-corrected chi connectivity index (χ2v) is 4.26. The zero-order chi connectivity index (χ0) is 12.9. The molecule has 0 saturated carbocycles. The predicted octanol–water partition coefficient (Wildman–Crippen LogP) is 3.31. The number of aromatic hydroxyl groups is 2. The van der Waals surface area contributed by atoms with Crippen molar-refractivity contribution >= 4 is 21.9 Å². The number of hydrogen-bond donors (Lipinski definition) is 2. The second kappa shape index (κ2) is 3.57. The van der Waals surface area contributed by atoms with E-state index < -0.39 is 0 Å². The number of hydrogen-bond acceptors (Lipinski definition) is 4. The summed E-state index contributed by atoms with van der Waals surface area (Å²) in [4.78, 5) is 0. The highest BCUT2D eigenvalue weighted by Gasteiger charge is 2.13. The molecule has 0 atom stereocenters. The average Bonchev–Trinajstić information content (AvgIpc) is 2.66. The summed E-state index contributed by atoms with van der Waals surface area (Å²) in [6.45, 7) is 1.81. The van der Waals surface area contributed by atoms with Crippen molar-refractivity contribution in [3.63, 3.8) is 0 Å². The SMILES string of the molecule is COc1cc2oc3cc(C)c(O)cc3c2cc1O. The van der Waals surface area contributed by atoms with Gasteiger partial charge in [0.15, 0.2) is 11.5 Å². The molecule has 0 aliphatic rings. The number of phenols is 2. The van der Waals surface area contributed by atoms with Gasteiger partial charge >= 0.3 is 0 Å². The molecule has 4 heteroatoms. The first kappa shape index (κ1) is 10.8. The molecule has 0 amide bonds. The van der Waals surface area contributed by atoms with Gasteiger partial charge < -0.3 is 19.4 Å². The molecule has 0 unspecified atom stereocenters. The van der Waals surface area contributed by atoms with Crippen molar-refractivity contribution in [3.05, 3.63) is 29.8 Å². The van der Waals surface area contributed by atoms with E-state index in [0.717, 1.165) is 16.3 Å². The van der Waals surface area contributed by atoms with E-state index in [1.165, 1.54) is 7.11 Å². The molecule has 0 saturated heterocycles. The number of furan rings is 1. The van der Waals surface area contributed by atoms with Crippen molar-refractivity contribution in [2.45, 2.75) is 6.92 Å². The first-order valence-corrected chi connectivity index (χ1v) is 5.53. The Kier molecular flexibility index (Phi) is 2.13. The van der Waals surface area contributed by atoms with Crippen molar-refractivity contribution in [2.75, 3.05) is 7.11 Å². The van der Waals surface area contributed by atoms with Crippen molar-refractivity contribution in [2.24, 2.45) is 0 Å². The maximum atomic E-state index is 9.78. The molecular weight excluding hydrogens is 232 g/mol. The molecule has 3 aromatic rings. The topological polar surface area (TPSA) is 62.8 Å². The van der Waals surface area contributed by atoms with E-state index in [2.05, 4.69) is 0 Å². The summed E-state index contributed by atoms with van der Waals surface area (Å²) in [5, 5.41) is 21.0. The fraction of sp³-hybridized carbons (Fsp3) is 0.143. The fourth-order valence-corrected chi connectivity index (χ4v) is 2.09. The van der Waals surface area contributed by atoms with Gasteiger partial charge in [0.1, 0.15) is 16.9 Å². The Morgan fingerprint density at radius 1 is 0.944 bits per heavy atom. The molecule has 2 N–H and O–H groups in total. The van der Waals surface area contributed by atoms with Crippen molar-refractivity contribution in [3.8, 4) is 17.2 Å². The van der Waals surface area contributed by atoms with Crippen molar-refractivity contribution < 1.29 is 19.4 Å². The summed E-state index contributed by atoms with van der Waals surface area (Å²) < 4.78 is 10.7. The zero-order valence-corrected chi connectivity index (χ0v) is 10.0. The van der Waals surface area contributed by atoms with Crippen LogP contribution >= 0.6 is 0 Å². The number of methoxy groups -OCH3 is 1. The van der Waals surface area contributed by atoms with Crippen molar-refractivity contribution in [1.29, 1.82) is 0 Å². The molecule has 2 aromatic carbocycles.